The quantitative estimate of drug-likeness (QED) is 0.268. The Morgan fingerprint density at radius 3 is 2.55 bits per heavy atom. The maximum absolute atomic E-state index is 14.2. The van der Waals surface area contributed by atoms with E-state index in [0.29, 0.717) is 16.4 Å². The van der Waals surface area contributed by atoms with E-state index >= 15 is 0 Å². The molecule has 0 aliphatic carbocycles. The third-order valence-corrected chi connectivity index (χ3v) is 10.2. The van der Waals surface area contributed by atoms with E-state index in [9.17, 15) is 4.39 Å². The number of hydrazone groups is 1. The highest BCUT2D eigenvalue weighted by Crippen LogP contribution is 2.37. The molecule has 0 aliphatic heterocycles. The summed E-state index contributed by atoms with van der Waals surface area (Å²) < 4.78 is 20.5. The van der Waals surface area contributed by atoms with Crippen LogP contribution in [0.1, 0.15) is 26.3 Å². The molecule has 1 aromatic heterocycles. The van der Waals surface area contributed by atoms with E-state index in [0.717, 1.165) is 11.3 Å². The van der Waals surface area contributed by atoms with E-state index in [4.69, 9.17) is 4.43 Å². The zero-order valence-electron chi connectivity index (χ0n) is 17.4. The number of halogens is 1. The van der Waals surface area contributed by atoms with Crippen LogP contribution in [0.2, 0.25) is 18.1 Å². The summed E-state index contributed by atoms with van der Waals surface area (Å²) in [6.45, 7) is 10.9. The van der Waals surface area contributed by atoms with Crippen molar-refractivity contribution >= 4 is 31.0 Å². The second kappa shape index (κ2) is 8.47. The molecule has 0 aliphatic rings. The Labute approximate surface area is 176 Å². The molecule has 0 atom stereocenters. The van der Waals surface area contributed by atoms with Crippen molar-refractivity contribution in [1.29, 1.82) is 0 Å². The van der Waals surface area contributed by atoms with Gasteiger partial charge in [0.2, 0.25) is 13.4 Å². The molecule has 3 rings (SSSR count). The van der Waals surface area contributed by atoms with Crippen molar-refractivity contribution in [3.05, 3.63) is 65.3 Å². The number of hydrogen-bond donors (Lipinski definition) is 1. The third-order valence-electron chi connectivity index (χ3n) is 5.08. The van der Waals surface area contributed by atoms with Crippen molar-refractivity contribution in [2.75, 3.05) is 5.43 Å². The minimum Gasteiger partial charge on any atom is -0.543 e. The first-order valence-corrected chi connectivity index (χ1v) is 13.2. The Bertz CT molecular complexity index is 997. The smallest absolute Gasteiger partial charge is 0.250 e. The Morgan fingerprint density at radius 1 is 1.14 bits per heavy atom. The Morgan fingerprint density at radius 2 is 1.86 bits per heavy atom. The summed E-state index contributed by atoms with van der Waals surface area (Å²) >= 11 is 1.45. The highest BCUT2D eigenvalue weighted by atomic mass is 32.1. The van der Waals surface area contributed by atoms with Crippen molar-refractivity contribution < 1.29 is 8.82 Å². The van der Waals surface area contributed by atoms with E-state index in [-0.39, 0.29) is 10.9 Å². The molecule has 2 aromatic carbocycles. The molecule has 0 saturated heterocycles. The summed E-state index contributed by atoms with van der Waals surface area (Å²) in [4.78, 5) is 4.51. The normalized spacial score (nSPS) is 12.3. The van der Waals surface area contributed by atoms with Crippen molar-refractivity contribution in [2.45, 2.75) is 38.9 Å². The Balaban J connectivity index is 1.70. The Kier molecular flexibility index (Phi) is 6.19. The molecule has 7 heteroatoms. The third kappa shape index (κ3) is 5.30. The van der Waals surface area contributed by atoms with Gasteiger partial charge < -0.3 is 4.43 Å². The van der Waals surface area contributed by atoms with Crippen LogP contribution in [0.5, 0.6) is 5.75 Å². The molecule has 0 fully saturated rings. The van der Waals surface area contributed by atoms with Gasteiger partial charge in [-0.25, -0.2) is 9.37 Å². The fraction of sp³-hybridized carbons (Fsp3) is 0.273. The van der Waals surface area contributed by atoms with Gasteiger partial charge in [0, 0.05) is 16.5 Å². The molecule has 29 heavy (non-hydrogen) atoms. The predicted octanol–water partition coefficient (Wildman–Crippen LogP) is 6.78. The second-order valence-corrected chi connectivity index (χ2v) is 13.9. The SMILES string of the molecule is CC(C)(C)[Si](C)(C)Oc1ccc(F)c(C=NNc2nc(-c3ccccc3)cs2)c1. The summed E-state index contributed by atoms with van der Waals surface area (Å²) in [6, 6.07) is 14.7. The van der Waals surface area contributed by atoms with E-state index in [1.807, 2.05) is 35.7 Å². The first kappa shape index (κ1) is 21.2. The van der Waals surface area contributed by atoms with Gasteiger partial charge in [0.1, 0.15) is 11.6 Å². The summed E-state index contributed by atoms with van der Waals surface area (Å²) in [5.41, 5.74) is 5.17. The van der Waals surface area contributed by atoms with Crippen LogP contribution in [0, 0.1) is 5.82 Å². The monoisotopic (exact) mass is 427 g/mol. The van der Waals surface area contributed by atoms with Crippen LogP contribution in [-0.4, -0.2) is 19.5 Å². The summed E-state index contributed by atoms with van der Waals surface area (Å²) in [6.07, 6.45) is 1.46. The van der Waals surface area contributed by atoms with Gasteiger partial charge >= 0.3 is 0 Å². The van der Waals surface area contributed by atoms with Gasteiger partial charge in [-0.1, -0.05) is 51.1 Å². The Hall–Kier alpha value is -2.51. The zero-order valence-corrected chi connectivity index (χ0v) is 19.2. The first-order chi connectivity index (χ1) is 13.7. The van der Waals surface area contributed by atoms with Crippen LogP contribution in [0.4, 0.5) is 9.52 Å². The van der Waals surface area contributed by atoms with Crippen LogP contribution in [-0.2, 0) is 0 Å². The van der Waals surface area contributed by atoms with Gasteiger partial charge in [0.25, 0.3) is 0 Å². The van der Waals surface area contributed by atoms with Crippen molar-refractivity contribution in [3.63, 3.8) is 0 Å². The van der Waals surface area contributed by atoms with Gasteiger partial charge in [0.15, 0.2) is 0 Å². The highest BCUT2D eigenvalue weighted by Gasteiger charge is 2.39. The molecule has 0 spiro atoms. The molecule has 3 aromatic rings. The molecule has 0 saturated carbocycles. The standard InChI is InChI=1S/C22H26FN3OSSi/c1-22(2,3)29(4,5)27-18-11-12-19(23)17(13-18)14-24-26-21-25-20(15-28-21)16-9-7-6-8-10-16/h6-15H,1-5H3,(H,25,26). The summed E-state index contributed by atoms with van der Waals surface area (Å²) in [5, 5.41) is 6.83. The average Bonchev–Trinajstić information content (AvgIpc) is 3.13. The molecule has 4 nitrogen and oxygen atoms in total. The molecule has 0 amide bonds. The van der Waals surface area contributed by atoms with Crippen LogP contribution in [0.3, 0.4) is 0 Å². The summed E-state index contributed by atoms with van der Waals surface area (Å²) in [5.74, 6) is 0.322. The molecule has 1 N–H and O–H groups in total. The second-order valence-electron chi connectivity index (χ2n) is 8.32. The lowest BCUT2D eigenvalue weighted by molar-refractivity contribution is 0.490. The zero-order chi connectivity index (χ0) is 21.1. The number of aromatic nitrogens is 1. The van der Waals surface area contributed by atoms with E-state index in [2.05, 4.69) is 49.4 Å². The lowest BCUT2D eigenvalue weighted by Gasteiger charge is -2.36. The summed E-state index contributed by atoms with van der Waals surface area (Å²) in [7, 11) is -1.99. The topological polar surface area (TPSA) is 46.5 Å². The molecule has 152 valence electrons. The van der Waals surface area contributed by atoms with E-state index in [1.165, 1.54) is 23.6 Å². The largest absolute Gasteiger partial charge is 0.543 e. The minimum absolute atomic E-state index is 0.0680. The number of thiazole rings is 1. The molecular formula is C22H26FN3OSSi. The molecule has 1 heterocycles. The fourth-order valence-corrected chi connectivity index (χ4v) is 4.05. The molecule has 0 unspecified atom stereocenters. The van der Waals surface area contributed by atoms with Gasteiger partial charge in [-0.05, 0) is 36.3 Å². The first-order valence-electron chi connectivity index (χ1n) is 9.44. The number of rotatable bonds is 6. The van der Waals surface area contributed by atoms with Crippen molar-refractivity contribution in [1.82, 2.24) is 4.98 Å². The van der Waals surface area contributed by atoms with Crippen molar-refractivity contribution in [2.24, 2.45) is 5.10 Å². The van der Waals surface area contributed by atoms with Crippen molar-refractivity contribution in [3.8, 4) is 17.0 Å². The highest BCUT2D eigenvalue weighted by molar-refractivity contribution is 7.14. The van der Waals surface area contributed by atoms with E-state index < -0.39 is 8.32 Å². The van der Waals surface area contributed by atoms with Gasteiger partial charge in [0.05, 0.1) is 11.9 Å². The molecule has 0 bridgehead atoms. The van der Waals surface area contributed by atoms with Gasteiger partial charge in [-0.3, -0.25) is 5.43 Å². The maximum atomic E-state index is 14.2. The number of anilines is 1. The number of nitrogens with one attached hydrogen (secondary N) is 1. The fourth-order valence-electron chi connectivity index (χ4n) is 2.36. The number of nitrogens with zero attached hydrogens (tertiary/aromatic N) is 2. The minimum atomic E-state index is -1.99. The average molecular weight is 428 g/mol. The molecular weight excluding hydrogens is 401 g/mol. The van der Waals surface area contributed by atoms with Crippen LogP contribution >= 0.6 is 11.3 Å². The predicted molar refractivity (Wildman–Crippen MR) is 123 cm³/mol. The number of hydrogen-bond acceptors (Lipinski definition) is 5. The van der Waals surface area contributed by atoms with Crippen LogP contribution < -0.4 is 9.85 Å². The van der Waals surface area contributed by atoms with Gasteiger partial charge in [-0.15, -0.1) is 11.3 Å². The lowest BCUT2D eigenvalue weighted by Crippen LogP contribution is -2.43. The lowest BCUT2D eigenvalue weighted by atomic mass is 10.2. The van der Waals surface area contributed by atoms with E-state index in [1.54, 1.807) is 12.1 Å². The maximum Gasteiger partial charge on any atom is 0.250 e. The number of benzene rings is 2. The van der Waals surface area contributed by atoms with Crippen LogP contribution in [0.15, 0.2) is 59.0 Å². The van der Waals surface area contributed by atoms with Crippen LogP contribution in [0.25, 0.3) is 11.3 Å². The molecule has 0 radical (unpaired) electrons. The van der Waals surface area contributed by atoms with Gasteiger partial charge in [-0.2, -0.15) is 5.10 Å².